The zero-order valence-electron chi connectivity index (χ0n) is 11.5. The van der Waals surface area contributed by atoms with Gasteiger partial charge in [0.2, 0.25) is 5.91 Å². The summed E-state index contributed by atoms with van der Waals surface area (Å²) in [6.45, 7) is 3.72. The summed E-state index contributed by atoms with van der Waals surface area (Å²) in [5.41, 5.74) is 0. The third-order valence-corrected chi connectivity index (χ3v) is 2.80. The smallest absolute Gasteiger partial charge is 0.321 e. The summed E-state index contributed by atoms with van der Waals surface area (Å²) >= 11 is 0. The zero-order valence-corrected chi connectivity index (χ0v) is 11.5. The summed E-state index contributed by atoms with van der Waals surface area (Å²) < 4.78 is 5.24. The van der Waals surface area contributed by atoms with Gasteiger partial charge < -0.3 is 15.1 Å². The van der Waals surface area contributed by atoms with Crippen molar-refractivity contribution >= 4 is 11.9 Å². The molecule has 1 rings (SSSR count). The second-order valence-corrected chi connectivity index (χ2v) is 4.48. The van der Waals surface area contributed by atoms with E-state index in [1.54, 1.807) is 13.2 Å². The van der Waals surface area contributed by atoms with Crippen molar-refractivity contribution in [1.82, 2.24) is 16.0 Å². The quantitative estimate of drug-likeness (QED) is 0.719. The first-order valence-corrected chi connectivity index (χ1v) is 6.34. The molecule has 1 aromatic rings. The first-order chi connectivity index (χ1) is 9.02. The molecule has 3 N–H and O–H groups in total. The van der Waals surface area contributed by atoms with Crippen molar-refractivity contribution in [2.45, 2.75) is 38.8 Å². The van der Waals surface area contributed by atoms with Gasteiger partial charge in [-0.1, -0.05) is 0 Å². The van der Waals surface area contributed by atoms with Crippen LogP contribution in [0.2, 0.25) is 0 Å². The SMILES string of the molecule is CNC(=O)NC(=O)C(C)NC(C)CCc1ccco1. The molecule has 0 saturated carbocycles. The highest BCUT2D eigenvalue weighted by Crippen LogP contribution is 2.06. The molecule has 0 saturated heterocycles. The van der Waals surface area contributed by atoms with Gasteiger partial charge in [-0.25, -0.2) is 4.79 Å². The minimum atomic E-state index is -0.498. The first kappa shape index (κ1) is 15.2. The number of rotatable bonds is 6. The molecule has 0 aliphatic rings. The molecule has 3 amide bonds. The van der Waals surface area contributed by atoms with Gasteiger partial charge >= 0.3 is 6.03 Å². The lowest BCUT2D eigenvalue weighted by atomic mass is 10.1. The molecule has 19 heavy (non-hydrogen) atoms. The van der Waals surface area contributed by atoms with Gasteiger partial charge in [0.05, 0.1) is 12.3 Å². The summed E-state index contributed by atoms with van der Waals surface area (Å²) in [6.07, 6.45) is 3.31. The van der Waals surface area contributed by atoms with Gasteiger partial charge in [0.25, 0.3) is 0 Å². The Morgan fingerprint density at radius 2 is 2.11 bits per heavy atom. The normalized spacial score (nSPS) is 13.6. The molecular weight excluding hydrogens is 246 g/mol. The fraction of sp³-hybridized carbons (Fsp3) is 0.538. The van der Waals surface area contributed by atoms with Gasteiger partial charge in [-0.05, 0) is 32.4 Å². The van der Waals surface area contributed by atoms with Crippen LogP contribution >= 0.6 is 0 Å². The molecule has 0 radical (unpaired) electrons. The van der Waals surface area contributed by atoms with Crippen molar-refractivity contribution in [3.8, 4) is 0 Å². The summed E-state index contributed by atoms with van der Waals surface area (Å²) in [6, 6.07) is 3.00. The Bertz CT molecular complexity index is 403. The zero-order chi connectivity index (χ0) is 14.3. The number of imide groups is 1. The highest BCUT2D eigenvalue weighted by Gasteiger charge is 2.17. The van der Waals surface area contributed by atoms with E-state index in [-0.39, 0.29) is 11.9 Å². The first-order valence-electron chi connectivity index (χ1n) is 6.34. The number of nitrogens with one attached hydrogen (secondary N) is 3. The van der Waals surface area contributed by atoms with E-state index in [9.17, 15) is 9.59 Å². The molecule has 6 nitrogen and oxygen atoms in total. The number of hydrogen-bond acceptors (Lipinski definition) is 4. The molecule has 0 aliphatic heterocycles. The van der Waals surface area contributed by atoms with Crippen molar-refractivity contribution < 1.29 is 14.0 Å². The Morgan fingerprint density at radius 1 is 1.37 bits per heavy atom. The Hall–Kier alpha value is -1.82. The van der Waals surface area contributed by atoms with Crippen LogP contribution in [-0.2, 0) is 11.2 Å². The van der Waals surface area contributed by atoms with Crippen molar-refractivity contribution in [2.24, 2.45) is 0 Å². The Labute approximate surface area is 112 Å². The number of aryl methyl sites for hydroxylation is 1. The van der Waals surface area contributed by atoms with E-state index in [2.05, 4.69) is 16.0 Å². The number of hydrogen-bond donors (Lipinski definition) is 3. The van der Waals surface area contributed by atoms with Crippen molar-refractivity contribution in [1.29, 1.82) is 0 Å². The van der Waals surface area contributed by atoms with Crippen molar-refractivity contribution in [3.05, 3.63) is 24.2 Å². The molecule has 2 atom stereocenters. The standard InChI is InChI=1S/C13H21N3O3/c1-9(6-7-11-5-4-8-19-11)15-10(2)12(17)16-13(18)14-3/h4-5,8-10,15H,6-7H2,1-3H3,(H2,14,16,17,18). The van der Waals surface area contributed by atoms with Crippen molar-refractivity contribution in [3.63, 3.8) is 0 Å². The molecule has 106 valence electrons. The summed E-state index contributed by atoms with van der Waals surface area (Å²) in [4.78, 5) is 22.6. The number of carbonyl (C=O) groups is 2. The molecule has 2 unspecified atom stereocenters. The number of furan rings is 1. The van der Waals surface area contributed by atoms with Gasteiger partial charge in [-0.3, -0.25) is 10.1 Å². The van der Waals surface area contributed by atoms with Crippen LogP contribution in [0, 0.1) is 0 Å². The van der Waals surface area contributed by atoms with Crippen LogP contribution in [0.5, 0.6) is 0 Å². The molecule has 0 fully saturated rings. The fourth-order valence-electron chi connectivity index (χ4n) is 1.68. The van der Waals surface area contributed by atoms with Crippen LogP contribution in [0.1, 0.15) is 26.0 Å². The highest BCUT2D eigenvalue weighted by atomic mass is 16.3. The number of carbonyl (C=O) groups excluding carboxylic acids is 2. The lowest BCUT2D eigenvalue weighted by Crippen LogP contribution is -2.49. The molecule has 0 bridgehead atoms. The molecule has 1 heterocycles. The van der Waals surface area contributed by atoms with Gasteiger partial charge in [0.1, 0.15) is 5.76 Å². The van der Waals surface area contributed by atoms with Crippen LogP contribution in [0.4, 0.5) is 4.79 Å². The molecular formula is C13H21N3O3. The van der Waals surface area contributed by atoms with Crippen LogP contribution in [0.3, 0.4) is 0 Å². The van der Waals surface area contributed by atoms with E-state index in [0.717, 1.165) is 18.6 Å². The van der Waals surface area contributed by atoms with Gasteiger partial charge in [0, 0.05) is 19.5 Å². The van der Waals surface area contributed by atoms with Crippen LogP contribution in [0.25, 0.3) is 0 Å². The van der Waals surface area contributed by atoms with Crippen molar-refractivity contribution in [2.75, 3.05) is 7.05 Å². The largest absolute Gasteiger partial charge is 0.469 e. The lowest BCUT2D eigenvalue weighted by Gasteiger charge is -2.18. The second-order valence-electron chi connectivity index (χ2n) is 4.48. The summed E-state index contributed by atoms with van der Waals surface area (Å²) in [5, 5.41) is 7.71. The molecule has 0 aromatic carbocycles. The van der Waals surface area contributed by atoms with Gasteiger partial charge in [-0.15, -0.1) is 0 Å². The Balaban J connectivity index is 2.28. The van der Waals surface area contributed by atoms with E-state index in [0.29, 0.717) is 0 Å². The van der Waals surface area contributed by atoms with E-state index in [1.807, 2.05) is 19.1 Å². The average molecular weight is 267 g/mol. The fourth-order valence-corrected chi connectivity index (χ4v) is 1.68. The third kappa shape index (κ3) is 5.56. The van der Waals surface area contributed by atoms with E-state index in [4.69, 9.17) is 4.42 Å². The maximum absolute atomic E-state index is 11.6. The number of urea groups is 1. The van der Waals surface area contributed by atoms with E-state index in [1.165, 1.54) is 7.05 Å². The topological polar surface area (TPSA) is 83.4 Å². The molecule has 0 aliphatic carbocycles. The average Bonchev–Trinajstić information content (AvgIpc) is 2.89. The molecule has 0 spiro atoms. The maximum atomic E-state index is 11.6. The summed E-state index contributed by atoms with van der Waals surface area (Å²) in [7, 11) is 1.46. The van der Waals surface area contributed by atoms with Crippen LogP contribution in [0.15, 0.2) is 22.8 Å². The lowest BCUT2D eigenvalue weighted by molar-refractivity contribution is -0.121. The highest BCUT2D eigenvalue weighted by molar-refractivity contribution is 5.96. The van der Waals surface area contributed by atoms with E-state index < -0.39 is 12.1 Å². The maximum Gasteiger partial charge on any atom is 0.321 e. The minimum absolute atomic E-state index is 0.149. The molecule has 6 heteroatoms. The Morgan fingerprint density at radius 3 is 2.68 bits per heavy atom. The van der Waals surface area contributed by atoms with Gasteiger partial charge in [0.15, 0.2) is 0 Å². The predicted molar refractivity (Wildman–Crippen MR) is 71.7 cm³/mol. The minimum Gasteiger partial charge on any atom is -0.469 e. The predicted octanol–water partition coefficient (Wildman–Crippen LogP) is 1.03. The van der Waals surface area contributed by atoms with Crippen LogP contribution in [-0.4, -0.2) is 31.1 Å². The van der Waals surface area contributed by atoms with E-state index >= 15 is 0 Å². The number of amides is 3. The molecule has 1 aromatic heterocycles. The third-order valence-electron chi connectivity index (χ3n) is 2.80. The Kier molecular flexibility index (Phi) is 6.08. The second kappa shape index (κ2) is 7.58. The monoisotopic (exact) mass is 267 g/mol. The van der Waals surface area contributed by atoms with Gasteiger partial charge in [-0.2, -0.15) is 0 Å². The summed E-state index contributed by atoms with van der Waals surface area (Å²) in [5.74, 6) is 0.584. The van der Waals surface area contributed by atoms with Crippen LogP contribution < -0.4 is 16.0 Å².